The monoisotopic (exact) mass is 431 g/mol. The van der Waals surface area contributed by atoms with Gasteiger partial charge in [0.2, 0.25) is 17.6 Å². The predicted octanol–water partition coefficient (Wildman–Crippen LogP) is 4.67. The Balaban J connectivity index is 1.48. The van der Waals surface area contributed by atoms with E-state index in [-0.39, 0.29) is 11.8 Å². The van der Waals surface area contributed by atoms with E-state index in [0.717, 1.165) is 15.6 Å². The van der Waals surface area contributed by atoms with Gasteiger partial charge in [0.25, 0.3) is 0 Å². The highest BCUT2D eigenvalue weighted by Crippen LogP contribution is 2.30. The fourth-order valence-corrected chi connectivity index (χ4v) is 3.57. The molecule has 0 aliphatic carbocycles. The van der Waals surface area contributed by atoms with Gasteiger partial charge in [-0.15, -0.1) is 0 Å². The van der Waals surface area contributed by atoms with Crippen LogP contribution in [-0.4, -0.2) is 27.5 Å². The SMILES string of the molecule is O=C1CC(c2nc(-c3cccc(Br)c3)no2)CN1Cc1ccc(Cl)cc1. The van der Waals surface area contributed by atoms with E-state index in [2.05, 4.69) is 26.1 Å². The molecule has 5 nitrogen and oxygen atoms in total. The van der Waals surface area contributed by atoms with Crippen LogP contribution in [0, 0.1) is 0 Å². The molecule has 1 aliphatic rings. The molecular weight excluding hydrogens is 418 g/mol. The lowest BCUT2D eigenvalue weighted by molar-refractivity contribution is -0.128. The molecule has 0 radical (unpaired) electrons. The van der Waals surface area contributed by atoms with Crippen molar-refractivity contribution in [2.24, 2.45) is 0 Å². The van der Waals surface area contributed by atoms with Crippen LogP contribution >= 0.6 is 27.5 Å². The molecular formula is C19H15BrClN3O2. The number of rotatable bonds is 4. The average molecular weight is 433 g/mol. The molecule has 0 N–H and O–H groups in total. The Hall–Kier alpha value is -2.18. The van der Waals surface area contributed by atoms with Crippen LogP contribution in [0.5, 0.6) is 0 Å². The van der Waals surface area contributed by atoms with Gasteiger partial charge in [0.05, 0.1) is 5.92 Å². The largest absolute Gasteiger partial charge is 0.339 e. The zero-order valence-electron chi connectivity index (χ0n) is 13.7. The third-order valence-electron chi connectivity index (χ3n) is 4.37. The van der Waals surface area contributed by atoms with E-state index in [1.54, 1.807) is 0 Å². The molecule has 2 heterocycles. The first kappa shape index (κ1) is 17.2. The van der Waals surface area contributed by atoms with Gasteiger partial charge >= 0.3 is 0 Å². The molecule has 3 aromatic rings. The normalized spacial score (nSPS) is 17.1. The highest BCUT2D eigenvalue weighted by Gasteiger charge is 2.34. The van der Waals surface area contributed by atoms with E-state index in [9.17, 15) is 4.79 Å². The topological polar surface area (TPSA) is 59.2 Å². The summed E-state index contributed by atoms with van der Waals surface area (Å²) < 4.78 is 6.38. The van der Waals surface area contributed by atoms with Crippen LogP contribution in [0.25, 0.3) is 11.4 Å². The summed E-state index contributed by atoms with van der Waals surface area (Å²) in [5, 5.41) is 4.75. The fourth-order valence-electron chi connectivity index (χ4n) is 3.05. The summed E-state index contributed by atoms with van der Waals surface area (Å²) in [6, 6.07) is 15.2. The van der Waals surface area contributed by atoms with Crippen LogP contribution in [0.4, 0.5) is 0 Å². The molecule has 1 saturated heterocycles. The van der Waals surface area contributed by atoms with Crippen LogP contribution < -0.4 is 0 Å². The van der Waals surface area contributed by atoms with Crippen molar-refractivity contribution in [3.63, 3.8) is 0 Å². The van der Waals surface area contributed by atoms with Gasteiger partial charge in [-0.2, -0.15) is 4.98 Å². The highest BCUT2D eigenvalue weighted by atomic mass is 79.9. The minimum atomic E-state index is -0.0804. The molecule has 0 bridgehead atoms. The van der Waals surface area contributed by atoms with Crippen LogP contribution in [0.15, 0.2) is 57.5 Å². The maximum absolute atomic E-state index is 12.4. The maximum Gasteiger partial charge on any atom is 0.232 e. The Morgan fingerprint density at radius 2 is 2.04 bits per heavy atom. The third-order valence-corrected chi connectivity index (χ3v) is 5.12. The Morgan fingerprint density at radius 3 is 2.81 bits per heavy atom. The third kappa shape index (κ3) is 3.66. The number of carbonyl (C=O) groups excluding carboxylic acids is 1. The Kier molecular flexibility index (Phi) is 4.78. The van der Waals surface area contributed by atoms with Crippen molar-refractivity contribution in [1.29, 1.82) is 0 Å². The lowest BCUT2D eigenvalue weighted by Gasteiger charge is -2.16. The van der Waals surface area contributed by atoms with Crippen LogP contribution in [-0.2, 0) is 11.3 Å². The molecule has 1 amide bonds. The number of carbonyl (C=O) groups is 1. The standard InChI is InChI=1S/C19H15BrClN3O2/c20-15-3-1-2-13(8-15)18-22-19(26-23-18)14-9-17(25)24(11-14)10-12-4-6-16(21)7-5-12/h1-8,14H,9-11H2. The smallest absolute Gasteiger partial charge is 0.232 e. The Labute approximate surface area is 164 Å². The first-order chi connectivity index (χ1) is 12.6. The summed E-state index contributed by atoms with van der Waals surface area (Å²) in [6.07, 6.45) is 0.383. The summed E-state index contributed by atoms with van der Waals surface area (Å²) in [6.45, 7) is 1.13. The van der Waals surface area contributed by atoms with Crippen molar-refractivity contribution in [1.82, 2.24) is 15.0 Å². The quantitative estimate of drug-likeness (QED) is 0.601. The lowest BCUT2D eigenvalue weighted by atomic mass is 10.1. The molecule has 1 atom stereocenters. The fraction of sp³-hybridized carbons (Fsp3) is 0.211. The zero-order chi connectivity index (χ0) is 18.1. The minimum absolute atomic E-state index is 0.0804. The van der Waals surface area contributed by atoms with Crippen LogP contribution in [0.2, 0.25) is 5.02 Å². The van der Waals surface area contributed by atoms with Crippen LogP contribution in [0.1, 0.15) is 23.8 Å². The second-order valence-corrected chi connectivity index (χ2v) is 7.62. The summed E-state index contributed by atoms with van der Waals surface area (Å²) in [5.41, 5.74) is 1.92. The van der Waals surface area contributed by atoms with Gasteiger partial charge in [0.15, 0.2) is 0 Å². The van der Waals surface area contributed by atoms with Crippen molar-refractivity contribution in [2.75, 3.05) is 6.54 Å². The summed E-state index contributed by atoms with van der Waals surface area (Å²) in [5.74, 6) is 1.05. The highest BCUT2D eigenvalue weighted by molar-refractivity contribution is 9.10. The molecule has 0 spiro atoms. The predicted molar refractivity (Wildman–Crippen MR) is 102 cm³/mol. The molecule has 1 aliphatic heterocycles. The van der Waals surface area contributed by atoms with Crippen molar-refractivity contribution in [3.05, 3.63) is 69.5 Å². The van der Waals surface area contributed by atoms with Crippen LogP contribution in [0.3, 0.4) is 0 Å². The number of hydrogen-bond acceptors (Lipinski definition) is 4. The van der Waals surface area contributed by atoms with Gasteiger partial charge in [-0.1, -0.05) is 57.0 Å². The second kappa shape index (κ2) is 7.21. The number of nitrogens with zero attached hydrogens (tertiary/aromatic N) is 3. The maximum atomic E-state index is 12.4. The van der Waals surface area contributed by atoms with Crippen molar-refractivity contribution >= 4 is 33.4 Å². The van der Waals surface area contributed by atoms with Crippen molar-refractivity contribution in [3.8, 4) is 11.4 Å². The van der Waals surface area contributed by atoms with Gasteiger partial charge in [-0.25, -0.2) is 0 Å². The summed E-state index contributed by atoms with van der Waals surface area (Å²) >= 11 is 9.35. The van der Waals surface area contributed by atoms with E-state index < -0.39 is 0 Å². The molecule has 26 heavy (non-hydrogen) atoms. The summed E-state index contributed by atoms with van der Waals surface area (Å²) in [4.78, 5) is 18.7. The van der Waals surface area contributed by atoms with Crippen molar-refractivity contribution < 1.29 is 9.32 Å². The second-order valence-electron chi connectivity index (χ2n) is 6.27. The van der Waals surface area contributed by atoms with Gasteiger partial charge in [0.1, 0.15) is 0 Å². The minimum Gasteiger partial charge on any atom is -0.339 e. The first-order valence-electron chi connectivity index (χ1n) is 8.20. The molecule has 132 valence electrons. The van der Waals surface area contributed by atoms with E-state index in [1.807, 2.05) is 53.4 Å². The van der Waals surface area contributed by atoms with E-state index in [1.165, 1.54) is 0 Å². The number of halogens is 2. The van der Waals surface area contributed by atoms with Gasteiger partial charge in [-0.05, 0) is 29.8 Å². The molecule has 0 saturated carbocycles. The molecule has 1 unspecified atom stereocenters. The Morgan fingerprint density at radius 1 is 1.23 bits per heavy atom. The molecule has 2 aromatic carbocycles. The number of aromatic nitrogens is 2. The lowest BCUT2D eigenvalue weighted by Crippen LogP contribution is -2.24. The molecule has 1 aromatic heterocycles. The number of benzene rings is 2. The van der Waals surface area contributed by atoms with E-state index >= 15 is 0 Å². The first-order valence-corrected chi connectivity index (χ1v) is 9.37. The summed E-state index contributed by atoms with van der Waals surface area (Å²) in [7, 11) is 0. The van der Waals surface area contributed by atoms with Gasteiger partial charge in [-0.3, -0.25) is 4.79 Å². The number of likely N-dealkylation sites (tertiary alicyclic amines) is 1. The zero-order valence-corrected chi connectivity index (χ0v) is 16.1. The molecule has 1 fully saturated rings. The number of hydrogen-bond donors (Lipinski definition) is 0. The van der Waals surface area contributed by atoms with Gasteiger partial charge < -0.3 is 9.42 Å². The van der Waals surface area contributed by atoms with E-state index in [4.69, 9.17) is 16.1 Å². The average Bonchev–Trinajstić information content (AvgIpc) is 3.24. The number of amides is 1. The van der Waals surface area contributed by atoms with E-state index in [0.29, 0.717) is 36.2 Å². The van der Waals surface area contributed by atoms with Crippen molar-refractivity contribution in [2.45, 2.75) is 18.9 Å². The Bertz CT molecular complexity index is 942. The van der Waals surface area contributed by atoms with Gasteiger partial charge in [0, 0.05) is 34.6 Å². The molecule has 4 rings (SSSR count). The molecule has 7 heteroatoms.